The molecule has 6 heteroatoms. The zero-order valence-corrected chi connectivity index (χ0v) is 7.59. The smallest absolute Gasteiger partial charge is 0.275 e. The Morgan fingerprint density at radius 2 is 2.15 bits per heavy atom. The number of nitrogens with one attached hydrogen (secondary N) is 1. The van der Waals surface area contributed by atoms with Gasteiger partial charge in [0.15, 0.2) is 17.1 Å². The molecule has 0 unspecified atom stereocenters. The van der Waals surface area contributed by atoms with Gasteiger partial charge in [-0.05, 0) is 19.0 Å². The van der Waals surface area contributed by atoms with E-state index in [2.05, 4.69) is 20.3 Å². The number of hydrogen-bond acceptors (Lipinski definition) is 4. The molecule has 1 amide bonds. The van der Waals surface area contributed by atoms with Gasteiger partial charge in [0.05, 0.1) is 0 Å². The van der Waals surface area contributed by atoms with E-state index >= 15 is 0 Å². The minimum atomic E-state index is -1.73. The molecule has 0 aliphatic heterocycles. The molecule has 0 radical (unpaired) electrons. The summed E-state index contributed by atoms with van der Waals surface area (Å²) in [6.45, 7) is 2.55. The lowest BCUT2D eigenvalue weighted by molar-refractivity contribution is 0.0948. The van der Waals surface area contributed by atoms with Gasteiger partial charge in [-0.25, -0.2) is 9.02 Å². The quantitative estimate of drug-likeness (QED) is 0.737. The van der Waals surface area contributed by atoms with Crippen molar-refractivity contribution in [3.05, 3.63) is 11.4 Å². The molecule has 1 aromatic heterocycles. The van der Waals surface area contributed by atoms with Crippen LogP contribution in [0.1, 0.15) is 30.0 Å². The van der Waals surface area contributed by atoms with Crippen molar-refractivity contribution >= 4 is 5.91 Å². The molecule has 0 aromatic carbocycles. The number of carbonyl (C=O) groups is 1. The fourth-order valence-corrected chi connectivity index (χ4v) is 0.846. The van der Waals surface area contributed by atoms with Gasteiger partial charge in [0.25, 0.3) is 5.91 Å². The molecular weight excluding hydrogens is 177 g/mol. The average Bonchev–Trinajstić information content (AvgIpc) is 2.49. The number of carbonyl (C=O) groups excluding carboxylic acids is 1. The van der Waals surface area contributed by atoms with Crippen LogP contribution in [-0.4, -0.2) is 23.3 Å². The van der Waals surface area contributed by atoms with Crippen molar-refractivity contribution in [2.45, 2.75) is 19.5 Å². The highest BCUT2D eigenvalue weighted by molar-refractivity contribution is 5.93. The van der Waals surface area contributed by atoms with Gasteiger partial charge in [0, 0.05) is 7.05 Å². The van der Waals surface area contributed by atoms with Crippen molar-refractivity contribution in [1.82, 2.24) is 15.6 Å². The summed E-state index contributed by atoms with van der Waals surface area (Å²) in [5, 5.41) is 8.96. The van der Waals surface area contributed by atoms with E-state index in [-0.39, 0.29) is 11.4 Å². The molecule has 72 valence electrons. The normalized spacial score (nSPS) is 11.4. The van der Waals surface area contributed by atoms with Crippen LogP contribution in [0.15, 0.2) is 4.63 Å². The zero-order chi connectivity index (χ0) is 10.1. The zero-order valence-electron chi connectivity index (χ0n) is 7.59. The summed E-state index contributed by atoms with van der Waals surface area (Å²) >= 11 is 0. The van der Waals surface area contributed by atoms with Crippen molar-refractivity contribution < 1.29 is 13.8 Å². The fourth-order valence-electron chi connectivity index (χ4n) is 0.846. The summed E-state index contributed by atoms with van der Waals surface area (Å²) < 4.78 is 17.7. The standard InChI is InChI=1S/C7H10FN3O2/c1-7(2,8)5-4(6(12)9-3)10-13-11-5/h1-3H3,(H,9,12). The third kappa shape index (κ3) is 1.82. The molecule has 0 bridgehead atoms. The van der Waals surface area contributed by atoms with Crippen LogP contribution >= 0.6 is 0 Å². The van der Waals surface area contributed by atoms with E-state index in [0.717, 1.165) is 0 Å². The van der Waals surface area contributed by atoms with Gasteiger partial charge in [-0.2, -0.15) is 0 Å². The molecule has 0 saturated carbocycles. The minimum Gasteiger partial charge on any atom is -0.354 e. The number of alkyl halides is 1. The second kappa shape index (κ2) is 3.12. The third-order valence-corrected chi connectivity index (χ3v) is 1.49. The average molecular weight is 187 g/mol. The van der Waals surface area contributed by atoms with E-state index in [1.54, 1.807) is 0 Å². The topological polar surface area (TPSA) is 68.0 Å². The van der Waals surface area contributed by atoms with Gasteiger partial charge in [-0.15, -0.1) is 0 Å². The highest BCUT2D eigenvalue weighted by atomic mass is 19.1. The molecule has 1 aromatic rings. The Kier molecular flexibility index (Phi) is 2.31. The Bertz CT molecular complexity index is 316. The number of aromatic nitrogens is 2. The Morgan fingerprint density at radius 3 is 2.62 bits per heavy atom. The molecule has 0 saturated heterocycles. The van der Waals surface area contributed by atoms with Crippen molar-refractivity contribution in [3.63, 3.8) is 0 Å². The van der Waals surface area contributed by atoms with Gasteiger partial charge in [0.1, 0.15) is 0 Å². The number of rotatable bonds is 2. The first kappa shape index (κ1) is 9.63. The minimum absolute atomic E-state index is 0.0909. The van der Waals surface area contributed by atoms with E-state index in [1.165, 1.54) is 20.9 Å². The van der Waals surface area contributed by atoms with Crippen LogP contribution in [0, 0.1) is 0 Å². The maximum Gasteiger partial charge on any atom is 0.275 e. The maximum absolute atomic E-state index is 13.4. The Balaban J connectivity index is 3.10. The predicted octanol–water partition coefficient (Wildman–Crippen LogP) is 0.634. The number of halogens is 1. The lowest BCUT2D eigenvalue weighted by atomic mass is 10.1. The SMILES string of the molecule is CNC(=O)c1nonc1C(C)(C)F. The van der Waals surface area contributed by atoms with Gasteiger partial charge >= 0.3 is 0 Å². The van der Waals surface area contributed by atoms with Crippen LogP contribution in [-0.2, 0) is 5.67 Å². The second-order valence-electron chi connectivity index (χ2n) is 3.01. The van der Waals surface area contributed by atoms with Crippen LogP contribution in [0.4, 0.5) is 4.39 Å². The lowest BCUT2D eigenvalue weighted by Crippen LogP contribution is -2.23. The first-order valence-electron chi connectivity index (χ1n) is 3.71. The molecule has 1 rings (SSSR count). The molecule has 5 nitrogen and oxygen atoms in total. The highest BCUT2D eigenvalue weighted by Crippen LogP contribution is 2.24. The first-order chi connectivity index (χ1) is 5.96. The molecule has 0 aliphatic rings. The van der Waals surface area contributed by atoms with Crippen molar-refractivity contribution in [3.8, 4) is 0 Å². The van der Waals surface area contributed by atoms with Crippen molar-refractivity contribution in [2.75, 3.05) is 7.05 Å². The molecule has 13 heavy (non-hydrogen) atoms. The summed E-state index contributed by atoms with van der Waals surface area (Å²) in [4.78, 5) is 11.1. The largest absolute Gasteiger partial charge is 0.354 e. The maximum atomic E-state index is 13.4. The van der Waals surface area contributed by atoms with E-state index in [9.17, 15) is 9.18 Å². The monoisotopic (exact) mass is 187 g/mol. The molecule has 0 fully saturated rings. The second-order valence-corrected chi connectivity index (χ2v) is 3.01. The summed E-state index contributed by atoms with van der Waals surface area (Å²) in [5.41, 5.74) is -1.94. The lowest BCUT2D eigenvalue weighted by Gasteiger charge is -2.09. The van der Waals surface area contributed by atoms with Crippen LogP contribution < -0.4 is 5.32 Å². The van der Waals surface area contributed by atoms with Gasteiger partial charge in [-0.1, -0.05) is 5.16 Å². The molecule has 0 aliphatic carbocycles. The van der Waals surface area contributed by atoms with Crippen molar-refractivity contribution in [2.24, 2.45) is 0 Å². The molecule has 0 spiro atoms. The summed E-state index contributed by atoms with van der Waals surface area (Å²) in [6.07, 6.45) is 0. The van der Waals surface area contributed by atoms with Crippen molar-refractivity contribution in [1.29, 1.82) is 0 Å². The highest BCUT2D eigenvalue weighted by Gasteiger charge is 2.31. The number of amides is 1. The Hall–Kier alpha value is -1.46. The van der Waals surface area contributed by atoms with Gasteiger partial charge < -0.3 is 5.32 Å². The molecular formula is C7H10FN3O2. The van der Waals surface area contributed by atoms with Gasteiger partial charge in [-0.3, -0.25) is 4.79 Å². The van der Waals surface area contributed by atoms with E-state index in [0.29, 0.717) is 0 Å². The van der Waals surface area contributed by atoms with Crippen LogP contribution in [0.3, 0.4) is 0 Å². The summed E-state index contributed by atoms with van der Waals surface area (Å²) in [5.74, 6) is -0.512. The molecule has 0 atom stereocenters. The molecule has 1 N–H and O–H groups in total. The Morgan fingerprint density at radius 1 is 1.54 bits per heavy atom. The molecule has 1 heterocycles. The van der Waals surface area contributed by atoms with E-state index in [1.807, 2.05) is 0 Å². The third-order valence-electron chi connectivity index (χ3n) is 1.49. The first-order valence-corrected chi connectivity index (χ1v) is 3.71. The van der Waals surface area contributed by atoms with Crippen LogP contribution in [0.25, 0.3) is 0 Å². The van der Waals surface area contributed by atoms with Crippen LogP contribution in [0.5, 0.6) is 0 Å². The van der Waals surface area contributed by atoms with E-state index < -0.39 is 11.6 Å². The van der Waals surface area contributed by atoms with Gasteiger partial charge in [0.2, 0.25) is 0 Å². The number of nitrogens with zero attached hydrogens (tertiary/aromatic N) is 2. The Labute approximate surface area is 74.3 Å². The fraction of sp³-hybridized carbons (Fsp3) is 0.571. The summed E-state index contributed by atoms with van der Waals surface area (Å²) in [7, 11) is 1.42. The van der Waals surface area contributed by atoms with Crippen LogP contribution in [0.2, 0.25) is 0 Å². The van der Waals surface area contributed by atoms with E-state index in [4.69, 9.17) is 0 Å². The number of hydrogen-bond donors (Lipinski definition) is 1. The predicted molar refractivity (Wildman–Crippen MR) is 41.8 cm³/mol. The summed E-state index contributed by atoms with van der Waals surface area (Å²) in [6, 6.07) is 0.